The molecule has 2 saturated carbocycles. The second-order valence-electron chi connectivity index (χ2n) is 6.16. The summed E-state index contributed by atoms with van der Waals surface area (Å²) in [7, 11) is 1.52. The highest BCUT2D eigenvalue weighted by Gasteiger charge is 2.50. The molecule has 0 spiro atoms. The summed E-state index contributed by atoms with van der Waals surface area (Å²) >= 11 is 2.15. The third-order valence-electron chi connectivity index (χ3n) is 5.44. The van der Waals surface area contributed by atoms with E-state index in [1.165, 1.54) is 25.5 Å². The third-order valence-corrected chi connectivity index (χ3v) is 5.44. The fourth-order valence-electron chi connectivity index (χ4n) is 4.41. The highest BCUT2D eigenvalue weighted by atomic mass is 127. The van der Waals surface area contributed by atoms with E-state index in [4.69, 9.17) is 4.74 Å². The minimum atomic E-state index is -0.00828. The molecule has 21 heavy (non-hydrogen) atoms. The first-order valence-electron chi connectivity index (χ1n) is 7.73. The van der Waals surface area contributed by atoms with Gasteiger partial charge in [-0.3, -0.25) is 4.79 Å². The van der Waals surface area contributed by atoms with E-state index in [0.29, 0.717) is 17.8 Å². The Labute approximate surface area is 141 Å². The Hall–Kier alpha value is -0.580. The average molecular weight is 400 g/mol. The Kier molecular flexibility index (Phi) is 6.08. The van der Waals surface area contributed by atoms with Gasteiger partial charge in [0.25, 0.3) is 0 Å². The first-order valence-corrected chi connectivity index (χ1v) is 9.88. The molecule has 0 radical (unpaired) electrons. The molecule has 5 atom stereocenters. The van der Waals surface area contributed by atoms with Crippen molar-refractivity contribution < 1.29 is 9.53 Å². The molecule has 3 heteroatoms. The average Bonchev–Trinajstić information content (AvgIpc) is 2.78. The first-order chi connectivity index (χ1) is 10.2. The van der Waals surface area contributed by atoms with Crippen LogP contribution in [0.25, 0.3) is 0 Å². The number of hydrogen-bond acceptors (Lipinski definition) is 2. The van der Waals surface area contributed by atoms with Crippen LogP contribution < -0.4 is 0 Å². The molecular weight excluding hydrogens is 375 g/mol. The van der Waals surface area contributed by atoms with E-state index >= 15 is 0 Å². The van der Waals surface area contributed by atoms with Gasteiger partial charge in [0.1, 0.15) is 0 Å². The summed E-state index contributed by atoms with van der Waals surface area (Å²) in [6, 6.07) is 10.5. The summed E-state index contributed by atoms with van der Waals surface area (Å²) in [6.07, 6.45) is 3.61. The van der Waals surface area contributed by atoms with Gasteiger partial charge in [-0.15, -0.1) is 0 Å². The summed E-state index contributed by atoms with van der Waals surface area (Å²) in [5.41, 5.74) is 1.31. The number of rotatable bonds is 2. The van der Waals surface area contributed by atoms with Gasteiger partial charge in [-0.05, 0) is 53.4 Å². The van der Waals surface area contributed by atoms with E-state index < -0.39 is 0 Å². The lowest BCUT2D eigenvalue weighted by Gasteiger charge is -2.39. The third kappa shape index (κ3) is 3.27. The van der Waals surface area contributed by atoms with E-state index in [9.17, 15) is 4.79 Å². The molecule has 2 aliphatic carbocycles. The van der Waals surface area contributed by atoms with Crippen LogP contribution >= 0.6 is 22.6 Å². The molecule has 3 rings (SSSR count). The predicted octanol–water partition coefficient (Wildman–Crippen LogP) is 4.68. The molecule has 2 fully saturated rings. The van der Waals surface area contributed by atoms with Crippen molar-refractivity contribution in [1.82, 2.24) is 0 Å². The fourth-order valence-corrected chi connectivity index (χ4v) is 4.41. The zero-order chi connectivity index (χ0) is 15.4. The number of halogens is 1. The maximum Gasteiger partial charge on any atom is 0.309 e. The van der Waals surface area contributed by atoms with Crippen molar-refractivity contribution in [3.05, 3.63) is 35.9 Å². The zero-order valence-corrected chi connectivity index (χ0v) is 15.2. The zero-order valence-electron chi connectivity index (χ0n) is 13.1. The monoisotopic (exact) mass is 400 g/mol. The molecule has 2 nitrogen and oxygen atoms in total. The Morgan fingerprint density at radius 2 is 1.86 bits per heavy atom. The van der Waals surface area contributed by atoms with Crippen molar-refractivity contribution in [2.75, 3.05) is 12.0 Å². The molecule has 0 N–H and O–H groups in total. The summed E-state index contributed by atoms with van der Waals surface area (Å²) < 4.78 is 5.10. The van der Waals surface area contributed by atoms with Crippen LogP contribution in [0.5, 0.6) is 0 Å². The first kappa shape index (κ1) is 16.8. The Bertz CT molecular complexity index is 460. The Balaban J connectivity index is 0.000000774. The van der Waals surface area contributed by atoms with Gasteiger partial charge in [0.15, 0.2) is 0 Å². The molecule has 2 bridgehead atoms. The van der Waals surface area contributed by atoms with Gasteiger partial charge in [0.2, 0.25) is 0 Å². The summed E-state index contributed by atoms with van der Waals surface area (Å²) in [5, 5.41) is 0. The summed E-state index contributed by atoms with van der Waals surface area (Å²) in [4.78, 5) is 14.2. The highest BCUT2D eigenvalue weighted by Crippen LogP contribution is 2.55. The van der Waals surface area contributed by atoms with E-state index in [0.717, 1.165) is 12.3 Å². The molecule has 4 unspecified atom stereocenters. The molecule has 0 heterocycles. The topological polar surface area (TPSA) is 26.3 Å². The number of carbonyl (C=O) groups excluding carboxylic acids is 1. The van der Waals surface area contributed by atoms with E-state index in [1.807, 2.05) is 11.0 Å². The van der Waals surface area contributed by atoms with Crippen LogP contribution in [0, 0.1) is 23.7 Å². The van der Waals surface area contributed by atoms with Gasteiger partial charge < -0.3 is 4.74 Å². The van der Waals surface area contributed by atoms with E-state index in [-0.39, 0.29) is 11.9 Å². The number of carbonyl (C=O) groups is 1. The highest BCUT2D eigenvalue weighted by molar-refractivity contribution is 14.1. The van der Waals surface area contributed by atoms with E-state index in [2.05, 4.69) is 53.8 Å². The van der Waals surface area contributed by atoms with Crippen LogP contribution in [0.2, 0.25) is 0 Å². The number of esters is 1. The van der Waals surface area contributed by atoms with Crippen molar-refractivity contribution in [3.63, 3.8) is 0 Å². The Morgan fingerprint density at radius 3 is 2.48 bits per heavy atom. The number of ether oxygens (including phenoxy) is 1. The maximum absolute atomic E-state index is 12.3. The molecule has 1 aromatic carbocycles. The van der Waals surface area contributed by atoms with Crippen molar-refractivity contribution >= 4 is 28.6 Å². The van der Waals surface area contributed by atoms with Crippen LogP contribution in [0.4, 0.5) is 0 Å². The minimum Gasteiger partial charge on any atom is -0.469 e. The molecule has 0 saturated heterocycles. The minimum absolute atomic E-state index is 0.00828. The smallest absolute Gasteiger partial charge is 0.309 e. The number of benzene rings is 1. The van der Waals surface area contributed by atoms with Crippen molar-refractivity contribution in [2.45, 2.75) is 32.1 Å². The maximum atomic E-state index is 12.3. The second kappa shape index (κ2) is 7.61. The molecule has 0 amide bonds. The number of fused-ring (bicyclic) bond motifs is 2. The van der Waals surface area contributed by atoms with Crippen LogP contribution in [0.3, 0.4) is 0 Å². The van der Waals surface area contributed by atoms with Gasteiger partial charge in [-0.1, -0.05) is 59.8 Å². The molecule has 1 aromatic rings. The largest absolute Gasteiger partial charge is 0.469 e. The molecule has 2 aliphatic rings. The summed E-state index contributed by atoms with van der Waals surface area (Å²) in [5.74, 6) is 2.37. The van der Waals surface area contributed by atoms with Crippen molar-refractivity contribution in [1.29, 1.82) is 0 Å². The predicted molar refractivity (Wildman–Crippen MR) is 94.6 cm³/mol. The van der Waals surface area contributed by atoms with Gasteiger partial charge in [0, 0.05) is 0 Å². The summed E-state index contributed by atoms with van der Waals surface area (Å²) in [6.45, 7) is 2.32. The number of methoxy groups -OCH3 is 1. The molecular formula is C18H25IO2. The van der Waals surface area contributed by atoms with Crippen molar-refractivity contribution in [2.24, 2.45) is 23.7 Å². The number of hydrogen-bond donors (Lipinski definition) is 0. The Morgan fingerprint density at radius 1 is 1.19 bits per heavy atom. The number of alkyl halides is 1. The standard InChI is InChI=1S/C17H22O2.CH3I/c1-11-13-8-9-14(11)16(17(18)19-2)15(10-13)12-6-4-3-5-7-12;1-2/h3-7,11,13-16H,8-10H2,1-2H3;1H3/t11-,13?,14?,15?,16?;/m1./s1. The van der Waals surface area contributed by atoms with Crippen LogP contribution in [0.1, 0.15) is 37.7 Å². The quantitative estimate of drug-likeness (QED) is 0.410. The normalized spacial score (nSPS) is 33.8. The van der Waals surface area contributed by atoms with Gasteiger partial charge in [0.05, 0.1) is 13.0 Å². The fraction of sp³-hybridized carbons (Fsp3) is 0.611. The van der Waals surface area contributed by atoms with Crippen LogP contribution in [0.15, 0.2) is 30.3 Å². The molecule has 0 aromatic heterocycles. The SMILES string of the molecule is CI.COC(=O)C1C(c2ccccc2)CC2CCC1[C@@H]2C. The van der Waals surface area contributed by atoms with E-state index in [1.54, 1.807) is 0 Å². The van der Waals surface area contributed by atoms with Crippen molar-refractivity contribution in [3.8, 4) is 0 Å². The lowest BCUT2D eigenvalue weighted by molar-refractivity contribution is -0.150. The lowest BCUT2D eigenvalue weighted by Crippen LogP contribution is -2.37. The second-order valence-corrected chi connectivity index (χ2v) is 6.16. The van der Waals surface area contributed by atoms with Gasteiger partial charge in [-0.2, -0.15) is 0 Å². The van der Waals surface area contributed by atoms with Crippen LogP contribution in [-0.2, 0) is 9.53 Å². The molecule has 116 valence electrons. The molecule has 0 aliphatic heterocycles. The lowest BCUT2D eigenvalue weighted by atomic mass is 9.65. The van der Waals surface area contributed by atoms with Gasteiger partial charge >= 0.3 is 5.97 Å². The van der Waals surface area contributed by atoms with Crippen LogP contribution in [-0.4, -0.2) is 18.0 Å². The van der Waals surface area contributed by atoms with Gasteiger partial charge in [-0.25, -0.2) is 0 Å².